The van der Waals surface area contributed by atoms with E-state index in [0.29, 0.717) is 19.2 Å². The predicted molar refractivity (Wildman–Crippen MR) is 92.6 cm³/mol. The zero-order valence-electron chi connectivity index (χ0n) is 13.7. The highest BCUT2D eigenvalue weighted by Crippen LogP contribution is 2.28. The van der Waals surface area contributed by atoms with Crippen LogP contribution < -0.4 is 4.74 Å². The molecule has 122 valence electrons. The summed E-state index contributed by atoms with van der Waals surface area (Å²) < 4.78 is 5.66. The number of hydrogen-bond acceptors (Lipinski definition) is 3. The number of nitrogens with zero attached hydrogens (tertiary/aromatic N) is 1. The Hall–Kier alpha value is -1.84. The minimum atomic E-state index is -0.472. The third-order valence-corrected chi connectivity index (χ3v) is 4.16. The van der Waals surface area contributed by atoms with Gasteiger partial charge >= 0.3 is 0 Å². The molecule has 0 aromatic heterocycles. The van der Waals surface area contributed by atoms with Gasteiger partial charge < -0.3 is 9.84 Å². The highest BCUT2D eigenvalue weighted by atomic mass is 16.5. The molecule has 3 heteroatoms. The van der Waals surface area contributed by atoms with Gasteiger partial charge in [0.1, 0.15) is 18.5 Å². The third kappa shape index (κ3) is 5.08. The lowest BCUT2D eigenvalue weighted by molar-refractivity contribution is 0.0626. The molecule has 0 bridgehead atoms. The molecule has 0 unspecified atom stereocenters. The maximum Gasteiger partial charge on any atom is 0.119 e. The first-order chi connectivity index (χ1) is 11.2. The van der Waals surface area contributed by atoms with Crippen LogP contribution in [0.15, 0.2) is 54.6 Å². The van der Waals surface area contributed by atoms with Gasteiger partial charge in [0.2, 0.25) is 0 Å². The standard InChI is InChI=1S/C20H25NO2/c1-16-6-5-7-17(12-16)13-21(18-10-11-18)14-19(22)15-23-20-8-3-2-4-9-20/h2-9,12,18-19,22H,10-11,13-15H2,1H3/t19-/m0/s1. The summed E-state index contributed by atoms with van der Waals surface area (Å²) in [7, 11) is 0. The average Bonchev–Trinajstić information content (AvgIpc) is 3.38. The molecule has 0 spiro atoms. The van der Waals surface area contributed by atoms with Gasteiger partial charge in [0.05, 0.1) is 0 Å². The SMILES string of the molecule is Cc1cccc(CN(C[C@H](O)COc2ccccc2)C2CC2)c1. The molecule has 23 heavy (non-hydrogen) atoms. The maximum absolute atomic E-state index is 10.3. The van der Waals surface area contributed by atoms with E-state index in [2.05, 4.69) is 36.1 Å². The smallest absolute Gasteiger partial charge is 0.119 e. The fourth-order valence-corrected chi connectivity index (χ4v) is 2.86. The fourth-order valence-electron chi connectivity index (χ4n) is 2.86. The van der Waals surface area contributed by atoms with Crippen LogP contribution in [0, 0.1) is 6.92 Å². The van der Waals surface area contributed by atoms with Gasteiger partial charge in [0.15, 0.2) is 0 Å². The zero-order valence-corrected chi connectivity index (χ0v) is 13.7. The Kier molecular flexibility index (Phi) is 5.31. The summed E-state index contributed by atoms with van der Waals surface area (Å²) in [5, 5.41) is 10.3. The molecule has 1 saturated carbocycles. The summed E-state index contributed by atoms with van der Waals surface area (Å²) >= 11 is 0. The molecule has 2 aromatic carbocycles. The summed E-state index contributed by atoms with van der Waals surface area (Å²) in [6.07, 6.45) is 2.00. The van der Waals surface area contributed by atoms with Crippen molar-refractivity contribution in [3.8, 4) is 5.75 Å². The summed E-state index contributed by atoms with van der Waals surface area (Å²) in [5.41, 5.74) is 2.60. The van der Waals surface area contributed by atoms with Gasteiger partial charge in [-0.25, -0.2) is 0 Å². The molecule has 1 aliphatic carbocycles. The second kappa shape index (κ2) is 7.62. The zero-order chi connectivity index (χ0) is 16.1. The van der Waals surface area contributed by atoms with Gasteiger partial charge in [-0.05, 0) is 37.5 Å². The Morgan fingerprint density at radius 3 is 2.61 bits per heavy atom. The van der Waals surface area contributed by atoms with Gasteiger partial charge in [0.25, 0.3) is 0 Å². The van der Waals surface area contributed by atoms with Crippen LogP contribution >= 0.6 is 0 Å². The van der Waals surface area contributed by atoms with E-state index in [1.54, 1.807) is 0 Å². The molecule has 0 saturated heterocycles. The first kappa shape index (κ1) is 16.0. The van der Waals surface area contributed by atoms with E-state index in [9.17, 15) is 5.11 Å². The Morgan fingerprint density at radius 1 is 1.13 bits per heavy atom. The molecule has 0 amide bonds. The number of aryl methyl sites for hydroxylation is 1. The lowest BCUT2D eigenvalue weighted by Crippen LogP contribution is -2.36. The van der Waals surface area contributed by atoms with Crippen LogP contribution in [-0.4, -0.2) is 35.3 Å². The Bertz CT molecular complexity index is 610. The molecule has 0 heterocycles. The van der Waals surface area contributed by atoms with E-state index in [4.69, 9.17) is 4.74 Å². The van der Waals surface area contributed by atoms with Crippen molar-refractivity contribution in [1.82, 2.24) is 4.90 Å². The van der Waals surface area contributed by atoms with Crippen LogP contribution in [0.25, 0.3) is 0 Å². The van der Waals surface area contributed by atoms with Crippen molar-refractivity contribution >= 4 is 0 Å². The Labute approximate surface area is 138 Å². The van der Waals surface area contributed by atoms with Crippen molar-refractivity contribution in [2.24, 2.45) is 0 Å². The number of aliphatic hydroxyl groups is 1. The molecule has 0 radical (unpaired) electrons. The highest BCUT2D eigenvalue weighted by molar-refractivity contribution is 5.22. The van der Waals surface area contributed by atoms with E-state index >= 15 is 0 Å². The van der Waals surface area contributed by atoms with Crippen molar-refractivity contribution in [3.05, 3.63) is 65.7 Å². The number of rotatable bonds is 8. The van der Waals surface area contributed by atoms with Crippen LogP contribution in [0.5, 0.6) is 5.75 Å². The molecule has 1 atom stereocenters. The van der Waals surface area contributed by atoms with Crippen LogP contribution in [0.2, 0.25) is 0 Å². The second-order valence-corrected chi connectivity index (χ2v) is 6.43. The Balaban J connectivity index is 1.52. The molecule has 1 fully saturated rings. The van der Waals surface area contributed by atoms with Gasteiger partial charge in [-0.1, -0.05) is 48.0 Å². The topological polar surface area (TPSA) is 32.7 Å². The Morgan fingerprint density at radius 2 is 1.91 bits per heavy atom. The minimum Gasteiger partial charge on any atom is -0.491 e. The van der Waals surface area contributed by atoms with Gasteiger partial charge in [0, 0.05) is 19.1 Å². The number of ether oxygens (including phenoxy) is 1. The van der Waals surface area contributed by atoms with Crippen molar-refractivity contribution in [2.75, 3.05) is 13.2 Å². The van der Waals surface area contributed by atoms with E-state index in [1.165, 1.54) is 24.0 Å². The van der Waals surface area contributed by atoms with Crippen LogP contribution in [0.4, 0.5) is 0 Å². The van der Waals surface area contributed by atoms with Crippen molar-refractivity contribution < 1.29 is 9.84 Å². The average molecular weight is 311 g/mol. The fraction of sp³-hybridized carbons (Fsp3) is 0.400. The predicted octanol–water partition coefficient (Wildman–Crippen LogP) is 3.40. The van der Waals surface area contributed by atoms with Crippen molar-refractivity contribution in [2.45, 2.75) is 38.5 Å². The molecule has 1 aliphatic rings. The third-order valence-electron chi connectivity index (χ3n) is 4.16. The first-order valence-corrected chi connectivity index (χ1v) is 8.36. The summed E-state index contributed by atoms with van der Waals surface area (Å²) in [6, 6.07) is 18.9. The minimum absolute atomic E-state index is 0.334. The van der Waals surface area contributed by atoms with E-state index in [-0.39, 0.29) is 0 Å². The van der Waals surface area contributed by atoms with E-state index in [0.717, 1.165) is 12.3 Å². The summed E-state index contributed by atoms with van der Waals surface area (Å²) in [4.78, 5) is 2.38. The molecule has 0 aliphatic heterocycles. The molecule has 3 rings (SSSR count). The lowest BCUT2D eigenvalue weighted by atomic mass is 10.1. The second-order valence-electron chi connectivity index (χ2n) is 6.43. The van der Waals surface area contributed by atoms with Crippen LogP contribution in [0.3, 0.4) is 0 Å². The van der Waals surface area contributed by atoms with Gasteiger partial charge in [-0.15, -0.1) is 0 Å². The normalized spacial score (nSPS) is 15.6. The number of benzene rings is 2. The largest absolute Gasteiger partial charge is 0.491 e. The molecule has 3 nitrogen and oxygen atoms in total. The summed E-state index contributed by atoms with van der Waals surface area (Å²) in [5.74, 6) is 0.809. The van der Waals surface area contributed by atoms with Gasteiger partial charge in [-0.3, -0.25) is 4.90 Å². The van der Waals surface area contributed by atoms with Crippen LogP contribution in [-0.2, 0) is 6.54 Å². The quantitative estimate of drug-likeness (QED) is 0.811. The number of para-hydroxylation sites is 1. The van der Waals surface area contributed by atoms with E-state index < -0.39 is 6.10 Å². The van der Waals surface area contributed by atoms with E-state index in [1.807, 2.05) is 30.3 Å². The monoisotopic (exact) mass is 311 g/mol. The van der Waals surface area contributed by atoms with Gasteiger partial charge in [-0.2, -0.15) is 0 Å². The molecular weight excluding hydrogens is 286 g/mol. The first-order valence-electron chi connectivity index (χ1n) is 8.36. The molecule has 1 N–H and O–H groups in total. The maximum atomic E-state index is 10.3. The van der Waals surface area contributed by atoms with Crippen molar-refractivity contribution in [3.63, 3.8) is 0 Å². The number of hydrogen-bond donors (Lipinski definition) is 1. The molecule has 2 aromatic rings. The lowest BCUT2D eigenvalue weighted by Gasteiger charge is -2.25. The summed E-state index contributed by atoms with van der Waals surface area (Å²) in [6.45, 7) is 4.01. The van der Waals surface area contributed by atoms with Crippen molar-refractivity contribution in [1.29, 1.82) is 0 Å². The number of aliphatic hydroxyl groups excluding tert-OH is 1. The highest BCUT2D eigenvalue weighted by Gasteiger charge is 2.30. The molecular formula is C20H25NO2. The van der Waals surface area contributed by atoms with Crippen LogP contribution in [0.1, 0.15) is 24.0 Å².